The zero-order valence-corrected chi connectivity index (χ0v) is 14.0. The summed E-state index contributed by atoms with van der Waals surface area (Å²) in [5, 5.41) is 4.31. The van der Waals surface area contributed by atoms with Crippen molar-refractivity contribution >= 4 is 21.7 Å². The third-order valence-electron chi connectivity index (χ3n) is 4.07. The van der Waals surface area contributed by atoms with Gasteiger partial charge in [-0.25, -0.2) is 0 Å². The number of hydrogen-bond donors (Lipinski definition) is 0. The van der Waals surface area contributed by atoms with Crippen LogP contribution in [-0.2, 0) is 6.54 Å². The van der Waals surface area contributed by atoms with Crippen molar-refractivity contribution < 1.29 is 4.79 Å². The number of nitrogens with zero attached hydrogens (tertiary/aromatic N) is 3. The van der Waals surface area contributed by atoms with Gasteiger partial charge in [-0.2, -0.15) is 5.10 Å². The highest BCUT2D eigenvalue weighted by molar-refractivity contribution is 9.10. The number of likely N-dealkylation sites (N-methyl/N-ethyl adjacent to an activating group) is 1. The van der Waals surface area contributed by atoms with Crippen molar-refractivity contribution in [2.24, 2.45) is 5.92 Å². The number of halogens is 1. The molecule has 1 aliphatic rings. The lowest BCUT2D eigenvalue weighted by molar-refractivity contribution is 0.0961. The highest BCUT2D eigenvalue weighted by Gasteiger charge is 2.20. The Kier molecular flexibility index (Phi) is 5.78. The molecule has 0 aliphatic heterocycles. The maximum Gasteiger partial charge on any atom is 0.182 e. The van der Waals surface area contributed by atoms with Crippen LogP contribution < -0.4 is 0 Å². The second kappa shape index (κ2) is 7.36. The fourth-order valence-corrected chi connectivity index (χ4v) is 3.37. The van der Waals surface area contributed by atoms with Crippen LogP contribution in [0.2, 0.25) is 0 Å². The molecule has 1 aliphatic carbocycles. The molecule has 4 nitrogen and oxygen atoms in total. The molecule has 20 heavy (non-hydrogen) atoms. The maximum atomic E-state index is 12.4. The Hall–Kier alpha value is -0.680. The van der Waals surface area contributed by atoms with Gasteiger partial charge in [0.05, 0.1) is 17.2 Å². The molecule has 0 aromatic carbocycles. The molecule has 5 heteroatoms. The van der Waals surface area contributed by atoms with Crippen molar-refractivity contribution in [2.75, 3.05) is 20.6 Å². The highest BCUT2D eigenvalue weighted by Crippen LogP contribution is 2.29. The number of aromatic nitrogens is 2. The van der Waals surface area contributed by atoms with E-state index in [1.54, 1.807) is 6.20 Å². The first-order valence-corrected chi connectivity index (χ1v) is 8.26. The molecule has 0 N–H and O–H groups in total. The predicted molar refractivity (Wildman–Crippen MR) is 84.0 cm³/mol. The number of carbonyl (C=O) groups excluding carboxylic acids is 1. The van der Waals surface area contributed by atoms with E-state index >= 15 is 0 Å². The number of carbonyl (C=O) groups is 1. The van der Waals surface area contributed by atoms with Crippen LogP contribution in [0.25, 0.3) is 0 Å². The second-order valence-electron chi connectivity index (χ2n) is 5.98. The van der Waals surface area contributed by atoms with Crippen LogP contribution in [0.15, 0.2) is 10.7 Å². The zero-order valence-electron chi connectivity index (χ0n) is 12.4. The third kappa shape index (κ3) is 4.16. The standard InChI is InChI=1S/C15H24BrN3O/c1-18(2)9-10-19-15(13(16)11-17-19)14(20)8-7-12-5-3-4-6-12/h11-12H,3-10H2,1-2H3. The maximum absolute atomic E-state index is 12.4. The van der Waals surface area contributed by atoms with Crippen LogP contribution in [0.3, 0.4) is 0 Å². The first-order chi connectivity index (χ1) is 9.58. The van der Waals surface area contributed by atoms with Gasteiger partial charge in [0, 0.05) is 13.0 Å². The Bertz CT molecular complexity index is 450. The normalized spacial score (nSPS) is 16.2. The quantitative estimate of drug-likeness (QED) is 0.713. The number of rotatable bonds is 7. The summed E-state index contributed by atoms with van der Waals surface area (Å²) >= 11 is 3.46. The number of ketones is 1. The van der Waals surface area contributed by atoms with Crippen LogP contribution in [-0.4, -0.2) is 41.1 Å². The lowest BCUT2D eigenvalue weighted by Gasteiger charge is -2.12. The molecule has 0 radical (unpaired) electrons. The van der Waals surface area contributed by atoms with Gasteiger partial charge in [0.25, 0.3) is 0 Å². The topological polar surface area (TPSA) is 38.1 Å². The molecule has 1 saturated carbocycles. The van der Waals surface area contributed by atoms with Gasteiger partial charge in [0.1, 0.15) is 5.69 Å². The molecular formula is C15H24BrN3O. The summed E-state index contributed by atoms with van der Waals surface area (Å²) in [6.07, 6.45) is 8.69. The van der Waals surface area contributed by atoms with Gasteiger partial charge in [-0.05, 0) is 42.4 Å². The molecule has 1 aromatic rings. The fourth-order valence-electron chi connectivity index (χ4n) is 2.86. The predicted octanol–water partition coefficient (Wildman–Crippen LogP) is 3.36. The Labute approximate surface area is 129 Å². The molecule has 0 atom stereocenters. The first-order valence-electron chi connectivity index (χ1n) is 7.47. The van der Waals surface area contributed by atoms with Crippen LogP contribution >= 0.6 is 15.9 Å². The Morgan fingerprint density at radius 1 is 1.45 bits per heavy atom. The Morgan fingerprint density at radius 3 is 2.80 bits per heavy atom. The lowest BCUT2D eigenvalue weighted by atomic mass is 9.99. The molecule has 0 saturated heterocycles. The fraction of sp³-hybridized carbons (Fsp3) is 0.733. The summed E-state index contributed by atoms with van der Waals surface area (Å²) < 4.78 is 2.66. The largest absolute Gasteiger partial charge is 0.308 e. The molecule has 0 amide bonds. The van der Waals surface area contributed by atoms with E-state index in [0.717, 1.165) is 35.6 Å². The molecule has 1 fully saturated rings. The van der Waals surface area contributed by atoms with E-state index in [1.807, 2.05) is 18.8 Å². The second-order valence-corrected chi connectivity index (χ2v) is 6.83. The summed E-state index contributed by atoms with van der Waals surface area (Å²) in [6.45, 7) is 1.64. The van der Waals surface area contributed by atoms with Crippen molar-refractivity contribution in [3.63, 3.8) is 0 Å². The molecule has 0 spiro atoms. The van der Waals surface area contributed by atoms with Crippen molar-refractivity contribution in [1.29, 1.82) is 0 Å². The van der Waals surface area contributed by atoms with E-state index in [0.29, 0.717) is 6.42 Å². The van der Waals surface area contributed by atoms with Crippen LogP contribution in [0.5, 0.6) is 0 Å². The molecule has 1 aromatic heterocycles. The van der Waals surface area contributed by atoms with Gasteiger partial charge < -0.3 is 4.90 Å². The average Bonchev–Trinajstić information content (AvgIpc) is 3.03. The van der Waals surface area contributed by atoms with E-state index in [-0.39, 0.29) is 5.78 Å². The highest BCUT2D eigenvalue weighted by atomic mass is 79.9. The van der Waals surface area contributed by atoms with Crippen molar-refractivity contribution in [3.05, 3.63) is 16.4 Å². The number of hydrogen-bond acceptors (Lipinski definition) is 3. The summed E-state index contributed by atoms with van der Waals surface area (Å²) in [6, 6.07) is 0. The van der Waals surface area contributed by atoms with E-state index in [1.165, 1.54) is 25.7 Å². The molecule has 112 valence electrons. The van der Waals surface area contributed by atoms with Gasteiger partial charge in [0.15, 0.2) is 5.78 Å². The van der Waals surface area contributed by atoms with Gasteiger partial charge in [-0.1, -0.05) is 25.7 Å². The van der Waals surface area contributed by atoms with Gasteiger partial charge in [0.2, 0.25) is 0 Å². The van der Waals surface area contributed by atoms with Gasteiger partial charge in [-0.3, -0.25) is 9.48 Å². The first kappa shape index (κ1) is 15.7. The summed E-state index contributed by atoms with van der Waals surface area (Å²) in [5.41, 5.74) is 0.741. The molecule has 0 bridgehead atoms. The molecule has 0 unspecified atom stereocenters. The van der Waals surface area contributed by atoms with E-state index < -0.39 is 0 Å². The zero-order chi connectivity index (χ0) is 14.5. The smallest absolute Gasteiger partial charge is 0.182 e. The Morgan fingerprint density at radius 2 is 2.15 bits per heavy atom. The SMILES string of the molecule is CN(C)CCn1ncc(Br)c1C(=O)CCC1CCCC1. The van der Waals surface area contributed by atoms with Gasteiger partial charge >= 0.3 is 0 Å². The van der Waals surface area contributed by atoms with Crippen molar-refractivity contribution in [3.8, 4) is 0 Å². The summed E-state index contributed by atoms with van der Waals surface area (Å²) in [7, 11) is 4.06. The third-order valence-corrected chi connectivity index (χ3v) is 4.65. The Balaban J connectivity index is 1.95. The summed E-state index contributed by atoms with van der Waals surface area (Å²) in [4.78, 5) is 14.5. The van der Waals surface area contributed by atoms with E-state index in [9.17, 15) is 4.79 Å². The number of Topliss-reactive ketones (excluding diaryl/α,β-unsaturated/α-hetero) is 1. The van der Waals surface area contributed by atoms with E-state index in [4.69, 9.17) is 0 Å². The molecular weight excluding hydrogens is 318 g/mol. The van der Waals surface area contributed by atoms with Crippen LogP contribution in [0.1, 0.15) is 49.0 Å². The average molecular weight is 342 g/mol. The van der Waals surface area contributed by atoms with Crippen molar-refractivity contribution in [1.82, 2.24) is 14.7 Å². The minimum Gasteiger partial charge on any atom is -0.308 e. The van der Waals surface area contributed by atoms with Crippen LogP contribution in [0, 0.1) is 5.92 Å². The minimum absolute atomic E-state index is 0.222. The van der Waals surface area contributed by atoms with Crippen LogP contribution in [0.4, 0.5) is 0 Å². The van der Waals surface area contributed by atoms with Gasteiger partial charge in [-0.15, -0.1) is 0 Å². The molecule has 2 rings (SSSR count). The molecule has 1 heterocycles. The van der Waals surface area contributed by atoms with E-state index in [2.05, 4.69) is 25.9 Å². The monoisotopic (exact) mass is 341 g/mol. The van der Waals surface area contributed by atoms with Crippen molar-refractivity contribution in [2.45, 2.75) is 45.1 Å². The summed E-state index contributed by atoms with van der Waals surface area (Å²) in [5.74, 6) is 0.982. The lowest BCUT2D eigenvalue weighted by Crippen LogP contribution is -2.21. The minimum atomic E-state index is 0.222.